The number of benzene rings is 1. The van der Waals surface area contributed by atoms with E-state index in [2.05, 4.69) is 9.88 Å². The SMILES string of the molecule is CCOCCOc1ccc(S(=O)(=O)Nc2cc(C)on2)cc1. The van der Waals surface area contributed by atoms with Crippen LogP contribution in [-0.2, 0) is 14.8 Å². The van der Waals surface area contributed by atoms with Crippen LogP contribution in [-0.4, -0.2) is 33.4 Å². The van der Waals surface area contributed by atoms with Gasteiger partial charge < -0.3 is 14.0 Å². The van der Waals surface area contributed by atoms with Crippen LogP contribution >= 0.6 is 0 Å². The molecule has 1 heterocycles. The van der Waals surface area contributed by atoms with Crippen LogP contribution in [0.4, 0.5) is 5.82 Å². The second kappa shape index (κ2) is 7.28. The van der Waals surface area contributed by atoms with Gasteiger partial charge in [-0.2, -0.15) is 0 Å². The number of ether oxygens (including phenoxy) is 2. The van der Waals surface area contributed by atoms with Gasteiger partial charge in [0.2, 0.25) is 0 Å². The van der Waals surface area contributed by atoms with E-state index in [4.69, 9.17) is 14.0 Å². The fourth-order valence-corrected chi connectivity index (χ4v) is 2.67. The van der Waals surface area contributed by atoms with Crippen molar-refractivity contribution in [2.75, 3.05) is 24.5 Å². The minimum atomic E-state index is -3.70. The summed E-state index contributed by atoms with van der Waals surface area (Å²) in [4.78, 5) is 0.116. The number of hydrogen-bond acceptors (Lipinski definition) is 6. The molecule has 22 heavy (non-hydrogen) atoms. The Kier molecular flexibility index (Phi) is 5.40. The molecular weight excluding hydrogens is 308 g/mol. The highest BCUT2D eigenvalue weighted by Crippen LogP contribution is 2.19. The van der Waals surface area contributed by atoms with Crippen LogP contribution in [0.5, 0.6) is 5.75 Å². The van der Waals surface area contributed by atoms with E-state index in [9.17, 15) is 8.42 Å². The molecule has 0 atom stereocenters. The van der Waals surface area contributed by atoms with Crippen molar-refractivity contribution in [1.82, 2.24) is 5.16 Å². The summed E-state index contributed by atoms with van der Waals surface area (Å²) in [5, 5.41) is 3.60. The average Bonchev–Trinajstić information content (AvgIpc) is 2.88. The number of hydrogen-bond donors (Lipinski definition) is 1. The van der Waals surface area contributed by atoms with E-state index in [1.807, 2.05) is 6.92 Å². The topological polar surface area (TPSA) is 90.7 Å². The Morgan fingerprint density at radius 1 is 1.23 bits per heavy atom. The zero-order chi connectivity index (χ0) is 16.0. The van der Waals surface area contributed by atoms with Gasteiger partial charge in [-0.1, -0.05) is 5.16 Å². The van der Waals surface area contributed by atoms with Crippen LogP contribution < -0.4 is 9.46 Å². The number of sulfonamides is 1. The zero-order valence-electron chi connectivity index (χ0n) is 12.4. The van der Waals surface area contributed by atoms with Crippen molar-refractivity contribution in [3.05, 3.63) is 36.1 Å². The maximum Gasteiger partial charge on any atom is 0.263 e. The lowest BCUT2D eigenvalue weighted by Crippen LogP contribution is -2.13. The average molecular weight is 326 g/mol. The second-order valence-corrected chi connectivity index (χ2v) is 6.13. The number of anilines is 1. The van der Waals surface area contributed by atoms with Gasteiger partial charge in [-0.3, -0.25) is 4.72 Å². The molecule has 0 aliphatic carbocycles. The lowest BCUT2D eigenvalue weighted by molar-refractivity contribution is 0.110. The van der Waals surface area contributed by atoms with Crippen LogP contribution in [0.1, 0.15) is 12.7 Å². The fourth-order valence-electron chi connectivity index (χ4n) is 1.69. The molecule has 0 saturated heterocycles. The van der Waals surface area contributed by atoms with Crippen molar-refractivity contribution in [3.63, 3.8) is 0 Å². The summed E-state index contributed by atoms with van der Waals surface area (Å²) in [6.45, 7) is 5.12. The van der Waals surface area contributed by atoms with Crippen molar-refractivity contribution in [1.29, 1.82) is 0 Å². The third kappa shape index (κ3) is 4.47. The van der Waals surface area contributed by atoms with Gasteiger partial charge in [0.1, 0.15) is 18.1 Å². The Hall–Kier alpha value is -2.06. The normalized spacial score (nSPS) is 11.4. The zero-order valence-corrected chi connectivity index (χ0v) is 13.2. The predicted molar refractivity (Wildman–Crippen MR) is 80.5 cm³/mol. The van der Waals surface area contributed by atoms with Gasteiger partial charge in [0, 0.05) is 12.7 Å². The maximum absolute atomic E-state index is 12.2. The van der Waals surface area contributed by atoms with Crippen LogP contribution in [0.2, 0.25) is 0 Å². The smallest absolute Gasteiger partial charge is 0.263 e. The third-order valence-corrected chi connectivity index (χ3v) is 4.07. The number of nitrogens with one attached hydrogen (secondary N) is 1. The number of aryl methyl sites for hydroxylation is 1. The molecule has 0 amide bonds. The monoisotopic (exact) mass is 326 g/mol. The van der Waals surface area contributed by atoms with E-state index < -0.39 is 10.0 Å². The van der Waals surface area contributed by atoms with Gasteiger partial charge in [0.05, 0.1) is 11.5 Å². The molecule has 0 bridgehead atoms. The van der Waals surface area contributed by atoms with Gasteiger partial charge in [-0.25, -0.2) is 8.42 Å². The molecule has 2 aromatic rings. The van der Waals surface area contributed by atoms with Gasteiger partial charge in [0.25, 0.3) is 10.0 Å². The first-order valence-corrected chi connectivity index (χ1v) is 8.26. The predicted octanol–water partition coefficient (Wildman–Crippen LogP) is 2.20. The van der Waals surface area contributed by atoms with E-state index in [-0.39, 0.29) is 10.7 Å². The van der Waals surface area contributed by atoms with Crippen molar-refractivity contribution < 1.29 is 22.4 Å². The quantitative estimate of drug-likeness (QED) is 0.748. The summed E-state index contributed by atoms with van der Waals surface area (Å²) in [7, 11) is -3.70. The first-order valence-electron chi connectivity index (χ1n) is 6.78. The number of aromatic nitrogens is 1. The highest BCUT2D eigenvalue weighted by Gasteiger charge is 2.16. The van der Waals surface area contributed by atoms with Gasteiger partial charge in [-0.05, 0) is 38.1 Å². The summed E-state index contributed by atoms with van der Waals surface area (Å²) in [6, 6.07) is 7.61. The first-order chi connectivity index (χ1) is 10.5. The Labute approximate surface area is 129 Å². The summed E-state index contributed by atoms with van der Waals surface area (Å²) in [6.07, 6.45) is 0. The lowest BCUT2D eigenvalue weighted by Gasteiger charge is -2.08. The Balaban J connectivity index is 1.99. The largest absolute Gasteiger partial charge is 0.491 e. The third-order valence-electron chi connectivity index (χ3n) is 2.70. The standard InChI is InChI=1S/C14H18N2O5S/c1-3-19-8-9-20-12-4-6-13(7-5-12)22(17,18)16-14-10-11(2)21-15-14/h4-7,10H,3,8-9H2,1-2H3,(H,15,16). The molecule has 1 aromatic carbocycles. The Morgan fingerprint density at radius 2 is 1.95 bits per heavy atom. The highest BCUT2D eigenvalue weighted by atomic mass is 32.2. The molecule has 0 radical (unpaired) electrons. The summed E-state index contributed by atoms with van der Waals surface area (Å²) in [5.74, 6) is 1.25. The molecule has 120 valence electrons. The minimum absolute atomic E-state index is 0.116. The van der Waals surface area contributed by atoms with Gasteiger partial charge >= 0.3 is 0 Å². The second-order valence-electron chi connectivity index (χ2n) is 4.45. The molecule has 1 aromatic heterocycles. The van der Waals surface area contributed by atoms with Gasteiger partial charge in [0.15, 0.2) is 5.82 Å². The number of nitrogens with zero attached hydrogens (tertiary/aromatic N) is 1. The van der Waals surface area contributed by atoms with Gasteiger partial charge in [-0.15, -0.1) is 0 Å². The molecule has 0 aliphatic rings. The Bertz CT molecular complexity index is 694. The van der Waals surface area contributed by atoms with E-state index in [1.54, 1.807) is 19.1 Å². The van der Waals surface area contributed by atoms with Crippen molar-refractivity contribution in [2.24, 2.45) is 0 Å². The summed E-state index contributed by atoms with van der Waals surface area (Å²) >= 11 is 0. The van der Waals surface area contributed by atoms with Crippen LogP contribution in [0.15, 0.2) is 39.8 Å². The van der Waals surface area contributed by atoms with Crippen molar-refractivity contribution >= 4 is 15.8 Å². The van der Waals surface area contributed by atoms with Crippen molar-refractivity contribution in [3.8, 4) is 5.75 Å². The molecule has 7 nitrogen and oxygen atoms in total. The van der Waals surface area contributed by atoms with E-state index in [0.717, 1.165) is 0 Å². The molecule has 1 N–H and O–H groups in total. The summed E-state index contributed by atoms with van der Waals surface area (Å²) in [5.41, 5.74) is 0. The molecule has 8 heteroatoms. The molecular formula is C14H18N2O5S. The Morgan fingerprint density at radius 3 is 2.55 bits per heavy atom. The minimum Gasteiger partial charge on any atom is -0.491 e. The molecule has 0 saturated carbocycles. The van der Waals surface area contributed by atoms with E-state index in [0.29, 0.717) is 31.3 Å². The maximum atomic E-state index is 12.2. The molecule has 2 rings (SSSR count). The highest BCUT2D eigenvalue weighted by molar-refractivity contribution is 7.92. The molecule has 0 spiro atoms. The van der Waals surface area contributed by atoms with Crippen LogP contribution in [0.25, 0.3) is 0 Å². The van der Waals surface area contributed by atoms with Crippen molar-refractivity contribution in [2.45, 2.75) is 18.7 Å². The van der Waals surface area contributed by atoms with E-state index in [1.165, 1.54) is 18.2 Å². The molecule has 0 fully saturated rings. The molecule has 0 unspecified atom stereocenters. The van der Waals surface area contributed by atoms with Crippen LogP contribution in [0, 0.1) is 6.92 Å². The van der Waals surface area contributed by atoms with Crippen LogP contribution in [0.3, 0.4) is 0 Å². The summed E-state index contributed by atoms with van der Waals surface area (Å²) < 4.78 is 42.1. The molecule has 0 aliphatic heterocycles. The number of rotatable bonds is 8. The van der Waals surface area contributed by atoms with E-state index >= 15 is 0 Å². The fraction of sp³-hybridized carbons (Fsp3) is 0.357. The lowest BCUT2D eigenvalue weighted by atomic mass is 10.3. The first kappa shape index (κ1) is 16.3.